The molecule has 1 aliphatic heterocycles. The van der Waals surface area contributed by atoms with Crippen LogP contribution in [0, 0.1) is 11.8 Å². The first-order chi connectivity index (χ1) is 21.8. The van der Waals surface area contributed by atoms with Crippen molar-refractivity contribution >= 4 is 26.0 Å². The average Bonchev–Trinajstić information content (AvgIpc) is 3.49. The number of aliphatic hydroxyl groups excluding tert-OH is 1. The maximum atomic E-state index is 13.8. The van der Waals surface area contributed by atoms with Gasteiger partial charge in [0.15, 0.2) is 11.5 Å². The van der Waals surface area contributed by atoms with E-state index in [0.717, 1.165) is 11.1 Å². The van der Waals surface area contributed by atoms with E-state index in [9.17, 15) is 26.7 Å². The number of sulfonamides is 2. The molecule has 3 atom stereocenters. The summed E-state index contributed by atoms with van der Waals surface area (Å²) in [5.74, 6) is -1.25. The molecule has 1 aliphatic rings. The molecule has 0 aliphatic carbocycles. The van der Waals surface area contributed by atoms with Crippen molar-refractivity contribution in [3.63, 3.8) is 0 Å². The van der Waals surface area contributed by atoms with Crippen molar-refractivity contribution in [2.24, 2.45) is 11.8 Å². The van der Waals surface area contributed by atoms with Crippen molar-refractivity contribution in [3.8, 4) is 11.5 Å². The van der Waals surface area contributed by atoms with Gasteiger partial charge in [0.05, 0.1) is 28.7 Å². The van der Waals surface area contributed by atoms with Gasteiger partial charge in [0.1, 0.15) is 0 Å². The summed E-state index contributed by atoms with van der Waals surface area (Å²) in [5, 5.41) is 14.4. The van der Waals surface area contributed by atoms with Crippen LogP contribution in [-0.2, 0) is 37.8 Å². The van der Waals surface area contributed by atoms with Gasteiger partial charge >= 0.3 is 0 Å². The molecular weight excluding hydrogens is 631 g/mol. The molecule has 0 fully saturated rings. The van der Waals surface area contributed by atoms with E-state index >= 15 is 0 Å². The van der Waals surface area contributed by atoms with Crippen LogP contribution < -0.4 is 14.8 Å². The lowest BCUT2D eigenvalue weighted by Crippen LogP contribution is -2.52. The highest BCUT2D eigenvalue weighted by molar-refractivity contribution is 7.89. The Labute approximate surface area is 272 Å². The van der Waals surface area contributed by atoms with Gasteiger partial charge in [-0.1, -0.05) is 81.4 Å². The van der Waals surface area contributed by atoms with E-state index in [2.05, 4.69) is 5.32 Å². The number of fused-ring (bicyclic) bond motifs is 1. The number of carbonyl (C=O) groups excluding carboxylic acids is 1. The van der Waals surface area contributed by atoms with Crippen LogP contribution in [0.3, 0.4) is 0 Å². The minimum Gasteiger partial charge on any atom is -0.454 e. The van der Waals surface area contributed by atoms with Crippen molar-refractivity contribution in [3.05, 3.63) is 90.0 Å². The molecule has 0 saturated carbocycles. The largest absolute Gasteiger partial charge is 0.454 e. The summed E-state index contributed by atoms with van der Waals surface area (Å²) in [6.07, 6.45) is -1.13. The van der Waals surface area contributed by atoms with Gasteiger partial charge in [0.2, 0.25) is 32.7 Å². The third-order valence-corrected chi connectivity index (χ3v) is 11.5. The summed E-state index contributed by atoms with van der Waals surface area (Å²) in [4.78, 5) is 13.4. The summed E-state index contributed by atoms with van der Waals surface area (Å²) < 4.78 is 67.0. The summed E-state index contributed by atoms with van der Waals surface area (Å²) >= 11 is 0. The Hall–Kier alpha value is -3.49. The van der Waals surface area contributed by atoms with Gasteiger partial charge in [-0.25, -0.2) is 21.1 Å². The predicted molar refractivity (Wildman–Crippen MR) is 175 cm³/mol. The first kappa shape index (κ1) is 35.4. The molecule has 1 heterocycles. The highest BCUT2D eigenvalue weighted by atomic mass is 32.2. The quantitative estimate of drug-likeness (QED) is 0.236. The van der Waals surface area contributed by atoms with E-state index in [-0.39, 0.29) is 43.7 Å². The molecule has 13 heteroatoms. The van der Waals surface area contributed by atoms with Crippen molar-refractivity contribution in [1.29, 1.82) is 0 Å². The van der Waals surface area contributed by atoms with E-state index in [1.165, 1.54) is 40.8 Å². The number of hydrogen-bond donors (Lipinski definition) is 2. The zero-order valence-corrected chi connectivity index (χ0v) is 28.2. The Morgan fingerprint density at radius 2 is 1.48 bits per heavy atom. The first-order valence-electron chi connectivity index (χ1n) is 15.2. The summed E-state index contributed by atoms with van der Waals surface area (Å²) in [6, 6.07) is 21.8. The Morgan fingerprint density at radius 3 is 2.11 bits per heavy atom. The second-order valence-corrected chi connectivity index (χ2v) is 16.1. The van der Waals surface area contributed by atoms with E-state index in [1.807, 2.05) is 74.5 Å². The normalized spacial score (nSPS) is 15.2. The Kier molecular flexibility index (Phi) is 11.8. The number of aliphatic hydroxyl groups is 1. The molecule has 250 valence electrons. The minimum absolute atomic E-state index is 0.00282. The van der Waals surface area contributed by atoms with Crippen LogP contribution in [0.1, 0.15) is 31.9 Å². The fraction of sp³-hybridized carbons (Fsp3) is 0.424. The highest BCUT2D eigenvalue weighted by Gasteiger charge is 2.34. The molecule has 0 radical (unpaired) electrons. The molecule has 46 heavy (non-hydrogen) atoms. The van der Waals surface area contributed by atoms with Crippen LogP contribution in [-0.4, -0.2) is 81.3 Å². The maximum absolute atomic E-state index is 13.8. The summed E-state index contributed by atoms with van der Waals surface area (Å²) in [6.45, 7) is 5.22. The van der Waals surface area contributed by atoms with E-state index in [1.54, 1.807) is 0 Å². The van der Waals surface area contributed by atoms with Crippen molar-refractivity contribution in [1.82, 2.24) is 13.9 Å². The smallest absolute Gasteiger partial charge is 0.243 e. The maximum Gasteiger partial charge on any atom is 0.243 e. The molecule has 0 bridgehead atoms. The Bertz CT molecular complexity index is 1670. The zero-order chi connectivity index (χ0) is 33.5. The number of benzene rings is 3. The van der Waals surface area contributed by atoms with E-state index < -0.39 is 49.8 Å². The SMILES string of the molecule is CC(C)CN(C[C@@H](O)[C@H](Cc1ccccc1)NC(=O)[C@H](C)CS(=O)(=O)N(C)Cc1ccccc1)S(=O)(=O)c1ccc2c(c1)OCO2. The lowest BCUT2D eigenvalue weighted by molar-refractivity contribution is -0.125. The third-order valence-electron chi connectivity index (χ3n) is 7.66. The molecule has 4 rings (SSSR count). The standard InChI is InChI=1S/C33H43N3O8S2/c1-24(2)19-36(46(41,42)28-15-16-31-32(18-28)44-23-43-31)21-30(37)29(17-26-11-7-5-8-12-26)34-33(38)25(3)22-45(39,40)35(4)20-27-13-9-6-10-14-27/h5-16,18,24-25,29-30,37H,17,19-23H2,1-4H3,(H,34,38)/t25-,29+,30-/m1/s1. The van der Waals surface area contributed by atoms with Gasteiger partial charge in [0.25, 0.3) is 0 Å². The van der Waals surface area contributed by atoms with Gasteiger partial charge in [-0.2, -0.15) is 4.31 Å². The monoisotopic (exact) mass is 673 g/mol. The number of nitrogens with zero attached hydrogens (tertiary/aromatic N) is 2. The molecule has 11 nitrogen and oxygen atoms in total. The molecule has 0 unspecified atom stereocenters. The molecule has 0 saturated heterocycles. The van der Waals surface area contributed by atoms with Crippen molar-refractivity contribution < 1.29 is 36.2 Å². The summed E-state index contributed by atoms with van der Waals surface area (Å²) in [7, 11) is -6.41. The fourth-order valence-electron chi connectivity index (χ4n) is 5.13. The Balaban J connectivity index is 1.52. The number of hydrogen-bond acceptors (Lipinski definition) is 8. The van der Waals surface area contributed by atoms with Crippen LogP contribution in [0.4, 0.5) is 0 Å². The average molecular weight is 674 g/mol. The molecule has 0 aromatic heterocycles. The zero-order valence-electron chi connectivity index (χ0n) is 26.6. The van der Waals surface area contributed by atoms with Gasteiger partial charge in [-0.05, 0) is 35.6 Å². The lowest BCUT2D eigenvalue weighted by Gasteiger charge is -2.31. The fourth-order valence-corrected chi connectivity index (χ4v) is 8.16. The number of ether oxygens (including phenoxy) is 2. The van der Waals surface area contributed by atoms with Crippen LogP contribution >= 0.6 is 0 Å². The number of nitrogens with one attached hydrogen (secondary N) is 1. The summed E-state index contributed by atoms with van der Waals surface area (Å²) in [5.41, 5.74) is 1.63. The number of rotatable bonds is 16. The number of carbonyl (C=O) groups is 1. The first-order valence-corrected chi connectivity index (χ1v) is 18.2. The van der Waals surface area contributed by atoms with E-state index in [0.29, 0.717) is 11.5 Å². The highest BCUT2D eigenvalue weighted by Crippen LogP contribution is 2.35. The van der Waals surface area contributed by atoms with Crippen molar-refractivity contribution in [2.45, 2.75) is 50.8 Å². The van der Waals surface area contributed by atoms with Crippen LogP contribution in [0.15, 0.2) is 83.8 Å². The van der Waals surface area contributed by atoms with Crippen LogP contribution in [0.2, 0.25) is 0 Å². The van der Waals surface area contributed by atoms with Gasteiger partial charge in [-0.15, -0.1) is 0 Å². The molecular formula is C33H43N3O8S2. The minimum atomic E-state index is -4.08. The van der Waals surface area contributed by atoms with Crippen molar-refractivity contribution in [2.75, 3.05) is 32.7 Å². The molecule has 3 aromatic rings. The molecule has 3 aromatic carbocycles. The number of amides is 1. The molecule has 1 amide bonds. The lowest BCUT2D eigenvalue weighted by atomic mass is 10.00. The molecule has 0 spiro atoms. The second kappa shape index (κ2) is 15.4. The predicted octanol–water partition coefficient (Wildman–Crippen LogP) is 3.25. The topological polar surface area (TPSA) is 143 Å². The second-order valence-electron chi connectivity index (χ2n) is 12.0. The Morgan fingerprint density at radius 1 is 0.870 bits per heavy atom. The third kappa shape index (κ3) is 9.29. The van der Waals surface area contributed by atoms with E-state index in [4.69, 9.17) is 9.47 Å². The molecule has 2 N–H and O–H groups in total. The van der Waals surface area contributed by atoms with Gasteiger partial charge in [0, 0.05) is 32.7 Å². The van der Waals surface area contributed by atoms with Crippen LogP contribution in [0.5, 0.6) is 11.5 Å². The van der Waals surface area contributed by atoms with Gasteiger partial charge in [-0.3, -0.25) is 4.79 Å². The van der Waals surface area contributed by atoms with Crippen LogP contribution in [0.25, 0.3) is 0 Å². The van der Waals surface area contributed by atoms with Gasteiger partial charge < -0.3 is 19.9 Å².